The molecule has 2 N–H and O–H groups in total. The molecule has 0 unspecified atom stereocenters. The summed E-state index contributed by atoms with van der Waals surface area (Å²) >= 11 is 0. The van der Waals surface area contributed by atoms with Crippen LogP contribution in [0, 0.1) is 0 Å². The van der Waals surface area contributed by atoms with Crippen LogP contribution >= 0.6 is 0 Å². The Hall–Kier alpha value is -1.35. The zero-order valence-electron chi connectivity index (χ0n) is 9.76. The predicted molar refractivity (Wildman–Crippen MR) is 67.4 cm³/mol. The lowest BCUT2D eigenvalue weighted by atomic mass is 10.1. The molecule has 0 aromatic carbocycles. The minimum absolute atomic E-state index is 0.0512. The van der Waals surface area contributed by atoms with Crippen molar-refractivity contribution in [2.45, 2.75) is 31.8 Å². The molecule has 1 atom stereocenters. The second-order valence-electron chi connectivity index (χ2n) is 4.41. The smallest absolute Gasteiger partial charge is 0.129 e. The van der Waals surface area contributed by atoms with Crippen LogP contribution < -0.4 is 10.6 Å². The van der Waals surface area contributed by atoms with E-state index in [0.29, 0.717) is 6.04 Å². The molecule has 0 aliphatic heterocycles. The molecule has 1 fully saturated rings. The van der Waals surface area contributed by atoms with Crippen LogP contribution in [0.3, 0.4) is 0 Å². The quantitative estimate of drug-likeness (QED) is 0.769. The Morgan fingerprint density at radius 1 is 1.62 bits per heavy atom. The standard InChI is InChI=1S/C13H19N3/c1-3-8-16(12-5-6-12)13-7-4-11(9-15-13)10(2)14/h3-4,7,9-10,12H,1,5-6,8,14H2,2H3/t10-/m1/s1. The van der Waals surface area contributed by atoms with Gasteiger partial charge in [-0.3, -0.25) is 0 Å². The van der Waals surface area contributed by atoms with E-state index in [1.54, 1.807) is 0 Å². The number of anilines is 1. The fraction of sp³-hybridized carbons (Fsp3) is 0.462. The normalized spacial score (nSPS) is 16.9. The number of aromatic nitrogens is 1. The summed E-state index contributed by atoms with van der Waals surface area (Å²) < 4.78 is 0. The summed E-state index contributed by atoms with van der Waals surface area (Å²) in [7, 11) is 0. The molecular formula is C13H19N3. The Labute approximate surface area is 97.0 Å². The molecule has 1 aliphatic rings. The zero-order valence-corrected chi connectivity index (χ0v) is 9.76. The maximum Gasteiger partial charge on any atom is 0.129 e. The molecule has 1 heterocycles. The van der Waals surface area contributed by atoms with Crippen molar-refractivity contribution in [3.8, 4) is 0 Å². The van der Waals surface area contributed by atoms with Gasteiger partial charge in [0.15, 0.2) is 0 Å². The summed E-state index contributed by atoms with van der Waals surface area (Å²) in [5, 5.41) is 0. The molecule has 0 spiro atoms. The summed E-state index contributed by atoms with van der Waals surface area (Å²) in [4.78, 5) is 6.78. The fourth-order valence-electron chi connectivity index (χ4n) is 1.79. The monoisotopic (exact) mass is 217 g/mol. The molecule has 3 heteroatoms. The van der Waals surface area contributed by atoms with Gasteiger partial charge in [0.1, 0.15) is 5.82 Å². The van der Waals surface area contributed by atoms with E-state index in [4.69, 9.17) is 5.73 Å². The van der Waals surface area contributed by atoms with Crippen LogP contribution in [0.2, 0.25) is 0 Å². The van der Waals surface area contributed by atoms with Crippen LogP contribution in [-0.4, -0.2) is 17.6 Å². The van der Waals surface area contributed by atoms with Crippen LogP contribution in [0.1, 0.15) is 31.4 Å². The van der Waals surface area contributed by atoms with Crippen molar-refractivity contribution >= 4 is 5.82 Å². The zero-order chi connectivity index (χ0) is 11.5. The third kappa shape index (κ3) is 2.42. The lowest BCUT2D eigenvalue weighted by Gasteiger charge is -2.22. The van der Waals surface area contributed by atoms with E-state index in [1.165, 1.54) is 12.8 Å². The molecule has 1 saturated carbocycles. The summed E-state index contributed by atoms with van der Waals surface area (Å²) in [5.41, 5.74) is 6.88. The van der Waals surface area contributed by atoms with Crippen LogP contribution in [0.5, 0.6) is 0 Å². The lowest BCUT2D eigenvalue weighted by Crippen LogP contribution is -2.26. The summed E-state index contributed by atoms with van der Waals surface area (Å²) in [6.07, 6.45) is 6.34. The Morgan fingerprint density at radius 3 is 2.81 bits per heavy atom. The van der Waals surface area contributed by atoms with E-state index < -0.39 is 0 Å². The Bertz CT molecular complexity index is 352. The van der Waals surface area contributed by atoms with Crippen molar-refractivity contribution in [3.05, 3.63) is 36.5 Å². The van der Waals surface area contributed by atoms with E-state index in [2.05, 4.69) is 28.6 Å². The van der Waals surface area contributed by atoms with E-state index in [0.717, 1.165) is 17.9 Å². The number of hydrogen-bond donors (Lipinski definition) is 1. The van der Waals surface area contributed by atoms with Crippen LogP contribution in [0.4, 0.5) is 5.82 Å². The minimum atomic E-state index is 0.0512. The van der Waals surface area contributed by atoms with E-state index in [9.17, 15) is 0 Å². The van der Waals surface area contributed by atoms with Gasteiger partial charge in [-0.2, -0.15) is 0 Å². The van der Waals surface area contributed by atoms with Gasteiger partial charge in [-0.05, 0) is 31.4 Å². The summed E-state index contributed by atoms with van der Waals surface area (Å²) in [6.45, 7) is 6.63. The molecule has 1 aliphatic carbocycles. The van der Waals surface area contributed by atoms with Gasteiger partial charge >= 0.3 is 0 Å². The highest BCUT2D eigenvalue weighted by Crippen LogP contribution is 2.30. The molecule has 0 radical (unpaired) electrons. The molecule has 86 valence electrons. The lowest BCUT2D eigenvalue weighted by molar-refractivity contribution is 0.800. The van der Waals surface area contributed by atoms with Gasteiger partial charge in [0, 0.05) is 24.8 Å². The van der Waals surface area contributed by atoms with Gasteiger partial charge in [0.2, 0.25) is 0 Å². The number of rotatable bonds is 5. The largest absolute Gasteiger partial charge is 0.350 e. The number of nitrogens with two attached hydrogens (primary N) is 1. The highest BCUT2D eigenvalue weighted by atomic mass is 15.2. The first-order valence-electron chi connectivity index (χ1n) is 5.81. The van der Waals surface area contributed by atoms with Crippen molar-refractivity contribution in [1.29, 1.82) is 0 Å². The number of nitrogens with zero attached hydrogens (tertiary/aromatic N) is 2. The summed E-state index contributed by atoms with van der Waals surface area (Å²) in [5.74, 6) is 1.03. The Morgan fingerprint density at radius 2 is 2.38 bits per heavy atom. The van der Waals surface area contributed by atoms with E-state index in [1.807, 2.05) is 19.2 Å². The molecule has 0 saturated heterocycles. The second kappa shape index (κ2) is 4.66. The molecule has 3 nitrogen and oxygen atoms in total. The topological polar surface area (TPSA) is 42.1 Å². The second-order valence-corrected chi connectivity index (χ2v) is 4.41. The van der Waals surface area contributed by atoms with Gasteiger partial charge in [-0.1, -0.05) is 12.1 Å². The number of hydrogen-bond acceptors (Lipinski definition) is 3. The molecule has 0 bridgehead atoms. The first kappa shape index (κ1) is 11.1. The first-order chi connectivity index (χ1) is 7.72. The first-order valence-corrected chi connectivity index (χ1v) is 5.81. The predicted octanol–water partition coefficient (Wildman–Crippen LogP) is 2.26. The maximum absolute atomic E-state index is 5.80. The van der Waals surface area contributed by atoms with E-state index >= 15 is 0 Å². The highest BCUT2D eigenvalue weighted by molar-refractivity contribution is 5.43. The van der Waals surface area contributed by atoms with Gasteiger partial charge in [-0.15, -0.1) is 6.58 Å². The third-order valence-electron chi connectivity index (χ3n) is 2.90. The van der Waals surface area contributed by atoms with Gasteiger partial charge in [0.05, 0.1) is 0 Å². The molecule has 1 aromatic heterocycles. The van der Waals surface area contributed by atoms with E-state index in [-0.39, 0.29) is 6.04 Å². The van der Waals surface area contributed by atoms with Gasteiger partial charge in [-0.25, -0.2) is 4.98 Å². The minimum Gasteiger partial charge on any atom is -0.350 e. The van der Waals surface area contributed by atoms with Gasteiger partial charge < -0.3 is 10.6 Å². The number of pyridine rings is 1. The average Bonchev–Trinajstić information content (AvgIpc) is 3.10. The van der Waals surface area contributed by atoms with Gasteiger partial charge in [0.25, 0.3) is 0 Å². The molecule has 0 amide bonds. The maximum atomic E-state index is 5.80. The van der Waals surface area contributed by atoms with Crippen LogP contribution in [0.15, 0.2) is 31.0 Å². The van der Waals surface area contributed by atoms with Crippen LogP contribution in [0.25, 0.3) is 0 Å². The average molecular weight is 217 g/mol. The fourth-order valence-corrected chi connectivity index (χ4v) is 1.79. The molecule has 2 rings (SSSR count). The van der Waals surface area contributed by atoms with Crippen molar-refractivity contribution in [3.63, 3.8) is 0 Å². The van der Waals surface area contributed by atoms with Crippen molar-refractivity contribution in [2.75, 3.05) is 11.4 Å². The molecule has 16 heavy (non-hydrogen) atoms. The van der Waals surface area contributed by atoms with Crippen molar-refractivity contribution < 1.29 is 0 Å². The third-order valence-corrected chi connectivity index (χ3v) is 2.90. The highest BCUT2D eigenvalue weighted by Gasteiger charge is 2.29. The molecule has 1 aromatic rings. The summed E-state index contributed by atoms with van der Waals surface area (Å²) in [6, 6.07) is 4.83. The Balaban J connectivity index is 2.14. The van der Waals surface area contributed by atoms with Crippen molar-refractivity contribution in [1.82, 2.24) is 4.98 Å². The molecular weight excluding hydrogens is 198 g/mol. The SMILES string of the molecule is C=CCN(c1ccc([C@@H](C)N)cn1)C1CC1. The Kier molecular flexibility index (Phi) is 3.25. The van der Waals surface area contributed by atoms with Crippen LogP contribution in [-0.2, 0) is 0 Å². The van der Waals surface area contributed by atoms with Crippen molar-refractivity contribution in [2.24, 2.45) is 5.73 Å².